The van der Waals surface area contributed by atoms with Crippen molar-refractivity contribution < 1.29 is 32.2 Å². The van der Waals surface area contributed by atoms with Gasteiger partial charge in [-0.25, -0.2) is 0 Å². The van der Waals surface area contributed by atoms with Crippen LogP contribution in [0, 0.1) is 5.92 Å². The molecule has 1 aromatic rings. The molecule has 0 aromatic heterocycles. The Balaban J connectivity index is 1.79. The van der Waals surface area contributed by atoms with Gasteiger partial charge >= 0.3 is 12.1 Å². The maximum absolute atomic E-state index is 13.1. The molecule has 27 heavy (non-hydrogen) atoms. The highest BCUT2D eigenvalue weighted by Gasteiger charge is 2.34. The van der Waals surface area contributed by atoms with Gasteiger partial charge in [0, 0.05) is 13.1 Å². The van der Waals surface area contributed by atoms with Crippen LogP contribution in [-0.4, -0.2) is 44.3 Å². The largest absolute Gasteiger partial charge is 0.452 e. The number of hydrogen-bond acceptors (Lipinski definition) is 5. The molecule has 1 unspecified atom stereocenters. The molecule has 2 fully saturated rings. The number of morpholine rings is 1. The fourth-order valence-electron chi connectivity index (χ4n) is 2.77. The first kappa shape index (κ1) is 19.5. The predicted molar refractivity (Wildman–Crippen MR) is 91.4 cm³/mol. The fourth-order valence-corrected chi connectivity index (χ4v) is 2.77. The lowest BCUT2D eigenvalue weighted by Crippen LogP contribution is -2.37. The van der Waals surface area contributed by atoms with Crippen molar-refractivity contribution in [1.29, 1.82) is 0 Å². The molecule has 2 aliphatic rings. The van der Waals surface area contributed by atoms with Crippen LogP contribution in [0.5, 0.6) is 0 Å². The number of carbonyl (C=O) groups excluding carboxylic acids is 2. The minimum atomic E-state index is -4.53. The van der Waals surface area contributed by atoms with Crippen LogP contribution in [0.1, 0.15) is 25.3 Å². The zero-order valence-corrected chi connectivity index (χ0v) is 14.8. The van der Waals surface area contributed by atoms with Gasteiger partial charge in [-0.2, -0.15) is 13.2 Å². The van der Waals surface area contributed by atoms with E-state index in [1.807, 2.05) is 4.90 Å². The molecule has 1 amide bonds. The molecule has 1 heterocycles. The number of esters is 1. The summed E-state index contributed by atoms with van der Waals surface area (Å²) < 4.78 is 49.6. The number of hydrogen-bond donors (Lipinski definition) is 1. The number of rotatable bonds is 5. The predicted octanol–water partition coefficient (Wildman–Crippen LogP) is 2.82. The number of anilines is 2. The average Bonchev–Trinajstić information content (AvgIpc) is 3.46. The Labute approximate surface area is 154 Å². The molecule has 0 radical (unpaired) electrons. The van der Waals surface area contributed by atoms with E-state index >= 15 is 0 Å². The molecule has 1 saturated carbocycles. The summed E-state index contributed by atoms with van der Waals surface area (Å²) in [5.41, 5.74) is -0.358. The summed E-state index contributed by atoms with van der Waals surface area (Å²) >= 11 is 0. The average molecular weight is 386 g/mol. The van der Waals surface area contributed by atoms with Crippen LogP contribution >= 0.6 is 0 Å². The molecule has 9 heteroatoms. The van der Waals surface area contributed by atoms with Crippen LogP contribution in [0.2, 0.25) is 0 Å². The zero-order valence-electron chi connectivity index (χ0n) is 14.8. The van der Waals surface area contributed by atoms with E-state index in [0.29, 0.717) is 32.0 Å². The van der Waals surface area contributed by atoms with Crippen LogP contribution < -0.4 is 10.2 Å². The minimum Gasteiger partial charge on any atom is -0.452 e. The zero-order chi connectivity index (χ0) is 19.6. The summed E-state index contributed by atoms with van der Waals surface area (Å²) in [6, 6.07) is 3.22. The number of carbonyl (C=O) groups is 2. The van der Waals surface area contributed by atoms with Gasteiger partial charge in [0.2, 0.25) is 0 Å². The second kappa shape index (κ2) is 7.75. The number of nitrogens with zero attached hydrogens (tertiary/aromatic N) is 1. The molecule has 148 valence electrons. The van der Waals surface area contributed by atoms with Crippen molar-refractivity contribution >= 4 is 23.3 Å². The highest BCUT2D eigenvalue weighted by atomic mass is 19.4. The van der Waals surface area contributed by atoms with Gasteiger partial charge in [0.1, 0.15) is 0 Å². The van der Waals surface area contributed by atoms with E-state index in [1.54, 1.807) is 0 Å². The van der Waals surface area contributed by atoms with E-state index in [1.165, 1.54) is 13.0 Å². The van der Waals surface area contributed by atoms with E-state index in [9.17, 15) is 22.8 Å². The molecule has 1 saturated heterocycles. The van der Waals surface area contributed by atoms with Crippen molar-refractivity contribution in [3.8, 4) is 0 Å². The Hall–Kier alpha value is -2.29. The summed E-state index contributed by atoms with van der Waals surface area (Å²) in [5, 5.41) is 2.49. The monoisotopic (exact) mass is 386 g/mol. The quantitative estimate of drug-likeness (QED) is 0.789. The van der Waals surface area contributed by atoms with Crippen molar-refractivity contribution in [3.05, 3.63) is 23.8 Å². The van der Waals surface area contributed by atoms with E-state index in [4.69, 9.17) is 9.47 Å². The van der Waals surface area contributed by atoms with Crippen LogP contribution in [0.25, 0.3) is 0 Å². The third-order valence-electron chi connectivity index (χ3n) is 4.51. The summed E-state index contributed by atoms with van der Waals surface area (Å²) in [4.78, 5) is 25.9. The summed E-state index contributed by atoms with van der Waals surface area (Å²) in [6.07, 6.45) is -4.15. The van der Waals surface area contributed by atoms with Crippen molar-refractivity contribution in [2.45, 2.75) is 32.0 Å². The molecule has 0 spiro atoms. The van der Waals surface area contributed by atoms with Crippen molar-refractivity contribution in [2.24, 2.45) is 5.92 Å². The fraction of sp³-hybridized carbons (Fsp3) is 0.556. The molecule has 3 rings (SSSR count). The summed E-state index contributed by atoms with van der Waals surface area (Å²) in [5.74, 6) is -1.29. The van der Waals surface area contributed by atoms with Gasteiger partial charge in [0.15, 0.2) is 6.10 Å². The molecule has 1 aliphatic carbocycles. The highest BCUT2D eigenvalue weighted by Crippen LogP contribution is 2.36. The maximum atomic E-state index is 13.1. The third-order valence-corrected chi connectivity index (χ3v) is 4.51. The van der Waals surface area contributed by atoms with Crippen LogP contribution in [0.4, 0.5) is 24.5 Å². The van der Waals surface area contributed by atoms with Gasteiger partial charge in [-0.15, -0.1) is 0 Å². The van der Waals surface area contributed by atoms with Crippen molar-refractivity contribution in [3.63, 3.8) is 0 Å². The first-order chi connectivity index (χ1) is 12.8. The second-order valence-corrected chi connectivity index (χ2v) is 6.67. The highest BCUT2D eigenvalue weighted by molar-refractivity contribution is 5.98. The number of halogens is 3. The first-order valence-electron chi connectivity index (χ1n) is 8.81. The molecule has 1 aliphatic heterocycles. The number of alkyl halides is 3. The molecule has 1 N–H and O–H groups in total. The lowest BCUT2D eigenvalue weighted by molar-refractivity contribution is -0.154. The topological polar surface area (TPSA) is 67.9 Å². The van der Waals surface area contributed by atoms with E-state index in [0.717, 1.165) is 25.0 Å². The second-order valence-electron chi connectivity index (χ2n) is 6.67. The summed E-state index contributed by atoms with van der Waals surface area (Å²) in [6.45, 7) is 3.30. The number of amides is 1. The van der Waals surface area contributed by atoms with Crippen LogP contribution in [0.3, 0.4) is 0 Å². The van der Waals surface area contributed by atoms with E-state index < -0.39 is 29.7 Å². The Bertz CT molecular complexity index is 713. The lowest BCUT2D eigenvalue weighted by atomic mass is 10.1. The Kier molecular flexibility index (Phi) is 5.59. The third kappa shape index (κ3) is 4.91. The van der Waals surface area contributed by atoms with Crippen LogP contribution in [0.15, 0.2) is 18.2 Å². The molecule has 0 bridgehead atoms. The number of nitrogens with one attached hydrogen (secondary N) is 1. The van der Waals surface area contributed by atoms with Crippen molar-refractivity contribution in [1.82, 2.24) is 0 Å². The minimum absolute atomic E-state index is 0.0334. The number of benzene rings is 1. The van der Waals surface area contributed by atoms with Gasteiger partial charge in [-0.05, 0) is 38.0 Å². The van der Waals surface area contributed by atoms with Gasteiger partial charge in [0.25, 0.3) is 5.91 Å². The molecule has 1 atom stereocenters. The Morgan fingerprint density at radius 1 is 1.26 bits per heavy atom. The van der Waals surface area contributed by atoms with Crippen molar-refractivity contribution in [2.75, 3.05) is 36.5 Å². The maximum Gasteiger partial charge on any atom is 0.416 e. The van der Waals surface area contributed by atoms with Gasteiger partial charge in [-0.1, -0.05) is 0 Å². The summed E-state index contributed by atoms with van der Waals surface area (Å²) in [7, 11) is 0. The van der Waals surface area contributed by atoms with E-state index in [2.05, 4.69) is 5.32 Å². The molecule has 6 nitrogen and oxygen atoms in total. The van der Waals surface area contributed by atoms with Gasteiger partial charge < -0.3 is 19.7 Å². The Morgan fingerprint density at radius 2 is 1.93 bits per heavy atom. The van der Waals surface area contributed by atoms with Gasteiger partial charge in [-0.3, -0.25) is 9.59 Å². The Morgan fingerprint density at radius 3 is 2.52 bits per heavy atom. The standard InChI is InChI=1S/C18H21F3N2O4/c1-11(27-17(25)12-2-3-12)16(24)22-14-10-13(18(19,20)21)4-5-15(14)23-6-8-26-9-7-23/h4-5,10-12H,2-3,6-9H2,1H3,(H,22,24). The molecular weight excluding hydrogens is 365 g/mol. The SMILES string of the molecule is CC(OC(=O)C1CC1)C(=O)Nc1cc(C(F)(F)F)ccc1N1CCOCC1. The number of ether oxygens (including phenoxy) is 2. The molecular formula is C18H21F3N2O4. The van der Waals surface area contributed by atoms with E-state index in [-0.39, 0.29) is 11.6 Å². The van der Waals surface area contributed by atoms with Gasteiger partial charge in [0.05, 0.1) is 36.1 Å². The molecule has 1 aromatic carbocycles. The smallest absolute Gasteiger partial charge is 0.416 e. The van der Waals surface area contributed by atoms with Crippen LogP contribution in [-0.2, 0) is 25.2 Å². The lowest BCUT2D eigenvalue weighted by Gasteiger charge is -2.31. The first-order valence-corrected chi connectivity index (χ1v) is 8.81. The normalized spacial score (nSPS) is 18.7.